The summed E-state index contributed by atoms with van der Waals surface area (Å²) in [5, 5.41) is 5.04. The Kier molecular flexibility index (Phi) is 6.16. The molecule has 1 aromatic carbocycles. The maximum atomic E-state index is 6.30. The molecule has 1 heterocycles. The average molecular weight is 315 g/mol. The zero-order valence-electron chi connectivity index (χ0n) is 12.3. The zero-order valence-corrected chi connectivity index (χ0v) is 13.8. The lowest BCUT2D eigenvalue weighted by atomic mass is 10.1. The second kappa shape index (κ2) is 7.65. The molecule has 1 aliphatic heterocycles. The molecule has 0 bridgehead atoms. The highest BCUT2D eigenvalue weighted by Crippen LogP contribution is 2.23. The number of nitrogens with one attached hydrogen (secondary N) is 1. The lowest BCUT2D eigenvalue weighted by Crippen LogP contribution is -2.39. The first kappa shape index (κ1) is 16.1. The van der Waals surface area contributed by atoms with Gasteiger partial charge in [-0.15, -0.1) is 0 Å². The fourth-order valence-corrected chi connectivity index (χ4v) is 3.30. The van der Waals surface area contributed by atoms with Crippen molar-refractivity contribution >= 4 is 23.2 Å². The topological polar surface area (TPSA) is 15.3 Å². The van der Waals surface area contributed by atoms with Crippen molar-refractivity contribution in [3.8, 4) is 0 Å². The van der Waals surface area contributed by atoms with Gasteiger partial charge >= 0.3 is 0 Å². The van der Waals surface area contributed by atoms with E-state index >= 15 is 0 Å². The van der Waals surface area contributed by atoms with Crippen LogP contribution in [0.2, 0.25) is 10.0 Å². The molecule has 2 nitrogen and oxygen atoms in total. The van der Waals surface area contributed by atoms with Crippen molar-refractivity contribution in [1.82, 2.24) is 10.2 Å². The van der Waals surface area contributed by atoms with E-state index in [2.05, 4.69) is 24.1 Å². The van der Waals surface area contributed by atoms with Crippen LogP contribution >= 0.6 is 23.2 Å². The first-order valence-corrected chi connectivity index (χ1v) is 8.20. The summed E-state index contributed by atoms with van der Waals surface area (Å²) < 4.78 is 0. The largest absolute Gasteiger partial charge is 0.313 e. The van der Waals surface area contributed by atoms with Gasteiger partial charge in [0, 0.05) is 35.7 Å². The summed E-state index contributed by atoms with van der Waals surface area (Å²) in [6, 6.07) is 6.42. The van der Waals surface area contributed by atoms with E-state index in [-0.39, 0.29) is 0 Å². The van der Waals surface area contributed by atoms with Crippen molar-refractivity contribution in [2.45, 2.75) is 39.3 Å². The van der Waals surface area contributed by atoms with E-state index in [9.17, 15) is 0 Å². The van der Waals surface area contributed by atoms with Gasteiger partial charge in [-0.05, 0) is 43.0 Å². The van der Waals surface area contributed by atoms with Crippen LogP contribution < -0.4 is 5.32 Å². The Morgan fingerprint density at radius 2 is 2.15 bits per heavy atom. The van der Waals surface area contributed by atoms with E-state index < -0.39 is 0 Å². The maximum absolute atomic E-state index is 6.30. The Hall–Kier alpha value is -0.280. The van der Waals surface area contributed by atoms with E-state index in [4.69, 9.17) is 23.2 Å². The van der Waals surface area contributed by atoms with Gasteiger partial charge in [0.2, 0.25) is 0 Å². The molecule has 112 valence electrons. The van der Waals surface area contributed by atoms with E-state index in [0.717, 1.165) is 36.8 Å². The normalized spacial score (nSPS) is 19.2. The molecule has 0 amide bonds. The van der Waals surface area contributed by atoms with Gasteiger partial charge in [-0.25, -0.2) is 0 Å². The highest BCUT2D eigenvalue weighted by atomic mass is 35.5. The van der Waals surface area contributed by atoms with Crippen molar-refractivity contribution in [2.24, 2.45) is 5.92 Å². The summed E-state index contributed by atoms with van der Waals surface area (Å²) in [5.74, 6) is 0.655. The van der Waals surface area contributed by atoms with Crippen LogP contribution in [0.25, 0.3) is 0 Å². The second-order valence-corrected chi connectivity index (χ2v) is 6.96. The summed E-state index contributed by atoms with van der Waals surface area (Å²) in [5.41, 5.74) is 1.16. The third-order valence-corrected chi connectivity index (χ3v) is 4.26. The van der Waals surface area contributed by atoms with Gasteiger partial charge in [0.25, 0.3) is 0 Å². The van der Waals surface area contributed by atoms with Crippen LogP contribution in [0.1, 0.15) is 32.3 Å². The second-order valence-electron chi connectivity index (χ2n) is 6.12. The van der Waals surface area contributed by atoms with Crippen LogP contribution in [-0.2, 0) is 6.54 Å². The fourth-order valence-electron chi connectivity index (χ4n) is 2.84. The van der Waals surface area contributed by atoms with Gasteiger partial charge in [-0.1, -0.05) is 43.1 Å². The molecule has 1 saturated heterocycles. The average Bonchev–Trinajstić information content (AvgIpc) is 2.84. The third-order valence-electron chi connectivity index (χ3n) is 3.67. The van der Waals surface area contributed by atoms with Crippen LogP contribution in [0, 0.1) is 5.92 Å². The SMILES string of the molecule is CC(C)CN(Cc1ccc(Cl)cc1Cl)CC1CCCN1. The molecule has 0 saturated carbocycles. The molecular formula is C16H24Cl2N2. The predicted molar refractivity (Wildman–Crippen MR) is 87.6 cm³/mol. The van der Waals surface area contributed by atoms with Crippen molar-refractivity contribution in [3.05, 3.63) is 33.8 Å². The zero-order chi connectivity index (χ0) is 14.5. The monoisotopic (exact) mass is 314 g/mol. The Labute approximate surface area is 132 Å². The number of halogens is 2. The molecule has 1 atom stereocenters. The molecule has 1 fully saturated rings. The Balaban J connectivity index is 2.01. The smallest absolute Gasteiger partial charge is 0.0465 e. The van der Waals surface area contributed by atoms with Gasteiger partial charge < -0.3 is 5.32 Å². The molecule has 1 N–H and O–H groups in total. The quantitative estimate of drug-likeness (QED) is 0.846. The van der Waals surface area contributed by atoms with E-state index in [1.54, 1.807) is 0 Å². The number of nitrogens with zero attached hydrogens (tertiary/aromatic N) is 1. The Morgan fingerprint density at radius 1 is 1.35 bits per heavy atom. The van der Waals surface area contributed by atoms with Crippen molar-refractivity contribution in [3.63, 3.8) is 0 Å². The van der Waals surface area contributed by atoms with Gasteiger partial charge in [-0.2, -0.15) is 0 Å². The summed E-state index contributed by atoms with van der Waals surface area (Å²) in [6.07, 6.45) is 2.57. The third kappa shape index (κ3) is 4.92. The van der Waals surface area contributed by atoms with Gasteiger partial charge in [0.05, 0.1) is 0 Å². The number of benzene rings is 1. The standard InChI is InChI=1S/C16H24Cl2N2/c1-12(2)9-20(11-15-4-3-7-19-15)10-13-5-6-14(17)8-16(13)18/h5-6,8,12,15,19H,3-4,7,9-11H2,1-2H3. The summed E-state index contributed by atoms with van der Waals surface area (Å²) in [6.45, 7) is 8.76. The van der Waals surface area contributed by atoms with Crippen LogP contribution in [0.5, 0.6) is 0 Å². The first-order valence-electron chi connectivity index (χ1n) is 7.44. The van der Waals surface area contributed by atoms with Crippen LogP contribution in [0.15, 0.2) is 18.2 Å². The molecule has 2 rings (SSSR count). The van der Waals surface area contributed by atoms with Crippen molar-refractivity contribution in [2.75, 3.05) is 19.6 Å². The fraction of sp³-hybridized carbons (Fsp3) is 0.625. The Bertz CT molecular complexity index is 428. The number of hydrogen-bond donors (Lipinski definition) is 1. The van der Waals surface area contributed by atoms with Crippen LogP contribution in [-0.4, -0.2) is 30.6 Å². The molecule has 0 radical (unpaired) electrons. The minimum Gasteiger partial charge on any atom is -0.313 e. The first-order chi connectivity index (χ1) is 9.54. The van der Waals surface area contributed by atoms with Gasteiger partial charge in [0.1, 0.15) is 0 Å². The van der Waals surface area contributed by atoms with Crippen molar-refractivity contribution < 1.29 is 0 Å². The lowest BCUT2D eigenvalue weighted by molar-refractivity contribution is 0.216. The Morgan fingerprint density at radius 3 is 2.75 bits per heavy atom. The predicted octanol–water partition coefficient (Wildman–Crippen LogP) is 4.20. The van der Waals surface area contributed by atoms with E-state index in [1.807, 2.05) is 18.2 Å². The molecule has 4 heteroatoms. The van der Waals surface area contributed by atoms with Crippen molar-refractivity contribution in [1.29, 1.82) is 0 Å². The molecular weight excluding hydrogens is 291 g/mol. The molecule has 20 heavy (non-hydrogen) atoms. The molecule has 1 unspecified atom stereocenters. The minimum absolute atomic E-state index is 0.625. The summed E-state index contributed by atoms with van der Waals surface area (Å²) in [7, 11) is 0. The van der Waals surface area contributed by atoms with E-state index in [0.29, 0.717) is 17.0 Å². The van der Waals surface area contributed by atoms with E-state index in [1.165, 1.54) is 12.8 Å². The summed E-state index contributed by atoms with van der Waals surface area (Å²) in [4.78, 5) is 2.50. The molecule has 1 aromatic rings. The van der Waals surface area contributed by atoms with Crippen LogP contribution in [0.3, 0.4) is 0 Å². The van der Waals surface area contributed by atoms with Gasteiger partial charge in [0.15, 0.2) is 0 Å². The lowest BCUT2D eigenvalue weighted by Gasteiger charge is -2.27. The highest BCUT2D eigenvalue weighted by Gasteiger charge is 2.19. The maximum Gasteiger partial charge on any atom is 0.0465 e. The molecule has 0 aliphatic carbocycles. The molecule has 1 aliphatic rings. The highest BCUT2D eigenvalue weighted by molar-refractivity contribution is 6.35. The van der Waals surface area contributed by atoms with Crippen LogP contribution in [0.4, 0.5) is 0 Å². The van der Waals surface area contributed by atoms with Gasteiger partial charge in [-0.3, -0.25) is 4.90 Å². The number of rotatable bonds is 6. The molecule has 0 aromatic heterocycles. The number of hydrogen-bond acceptors (Lipinski definition) is 2. The molecule has 0 spiro atoms. The minimum atomic E-state index is 0.625. The summed E-state index contributed by atoms with van der Waals surface area (Å²) >= 11 is 12.3.